The van der Waals surface area contributed by atoms with Crippen molar-refractivity contribution in [3.63, 3.8) is 0 Å². The largest absolute Gasteiger partial charge is 0.265 e. The van der Waals surface area contributed by atoms with Crippen molar-refractivity contribution in [1.29, 1.82) is 0 Å². The van der Waals surface area contributed by atoms with Crippen LogP contribution in [0.15, 0.2) is 34.7 Å². The Labute approximate surface area is 119 Å². The molecular weight excluding hydrogens is 276 g/mol. The molecule has 0 radical (unpaired) electrons. The minimum Gasteiger partial charge on any atom is -0.265 e. The molecule has 6 heteroatoms. The summed E-state index contributed by atoms with van der Waals surface area (Å²) in [6, 6.07) is 8.36. The Morgan fingerprint density at radius 2 is 2.16 bits per heavy atom. The molecule has 1 aromatic carbocycles. The number of aromatic nitrogens is 2. The average Bonchev–Trinajstić information content (AvgIpc) is 3.02. The van der Waals surface area contributed by atoms with E-state index in [0.717, 1.165) is 16.4 Å². The Bertz CT molecular complexity index is 742. The van der Waals surface area contributed by atoms with Crippen LogP contribution in [-0.4, -0.2) is 15.3 Å². The van der Waals surface area contributed by atoms with Gasteiger partial charge in [-0.3, -0.25) is 5.43 Å². The van der Waals surface area contributed by atoms with Crippen LogP contribution in [0.3, 0.4) is 0 Å². The molecule has 3 rings (SSSR count). The number of rotatable bonds is 3. The molecule has 4 nitrogen and oxygen atoms in total. The molecule has 0 bridgehead atoms. The van der Waals surface area contributed by atoms with Crippen molar-refractivity contribution in [3.05, 3.63) is 40.9 Å². The molecular formula is C13H12N4S2. The van der Waals surface area contributed by atoms with Gasteiger partial charge in [-0.25, -0.2) is 0 Å². The maximum Gasteiger partial charge on any atom is 0.153 e. The fourth-order valence-corrected chi connectivity index (χ4v) is 3.30. The zero-order valence-electron chi connectivity index (χ0n) is 10.5. The van der Waals surface area contributed by atoms with Crippen molar-refractivity contribution >= 4 is 43.7 Å². The molecule has 0 aliphatic heterocycles. The molecule has 0 saturated carbocycles. The Kier molecular flexibility index (Phi) is 3.27. The summed E-state index contributed by atoms with van der Waals surface area (Å²) in [5.41, 5.74) is 6.04. The lowest BCUT2D eigenvalue weighted by Crippen LogP contribution is -1.98. The second kappa shape index (κ2) is 5.07. The lowest BCUT2D eigenvalue weighted by atomic mass is 10.1. The number of fused-ring (bicyclic) bond motifs is 1. The fraction of sp³-hybridized carbons (Fsp3) is 0.154. The zero-order chi connectivity index (χ0) is 13.2. The number of aryl methyl sites for hydroxylation is 1. The molecule has 2 aromatic heterocycles. The molecule has 0 aliphatic carbocycles. The SMILES string of the molecule is C/C(=N/Nc1snnc1C)c1csc2ccccc12. The van der Waals surface area contributed by atoms with Gasteiger partial charge in [0.2, 0.25) is 0 Å². The van der Waals surface area contributed by atoms with Gasteiger partial charge in [-0.1, -0.05) is 22.7 Å². The summed E-state index contributed by atoms with van der Waals surface area (Å²) in [6.45, 7) is 3.92. The first-order valence-corrected chi connectivity index (χ1v) is 7.47. The maximum atomic E-state index is 4.42. The number of hydrazone groups is 1. The molecule has 0 amide bonds. The normalized spacial score (nSPS) is 12.0. The predicted octanol–water partition coefficient (Wildman–Crippen LogP) is 3.90. The van der Waals surface area contributed by atoms with Crippen LogP contribution in [0, 0.1) is 6.92 Å². The highest BCUT2D eigenvalue weighted by Crippen LogP contribution is 2.26. The van der Waals surface area contributed by atoms with E-state index in [4.69, 9.17) is 0 Å². The predicted molar refractivity (Wildman–Crippen MR) is 82.3 cm³/mol. The van der Waals surface area contributed by atoms with Gasteiger partial charge in [-0.2, -0.15) is 5.10 Å². The molecule has 0 aliphatic rings. The third-order valence-corrected chi connectivity index (χ3v) is 4.54. The van der Waals surface area contributed by atoms with E-state index in [-0.39, 0.29) is 0 Å². The first kappa shape index (κ1) is 12.3. The third-order valence-electron chi connectivity index (χ3n) is 2.85. The van der Waals surface area contributed by atoms with Crippen LogP contribution in [0.5, 0.6) is 0 Å². The van der Waals surface area contributed by atoms with E-state index in [1.165, 1.54) is 27.2 Å². The molecule has 0 saturated heterocycles. The van der Waals surface area contributed by atoms with Gasteiger partial charge in [0.1, 0.15) is 0 Å². The van der Waals surface area contributed by atoms with Gasteiger partial charge in [-0.05, 0) is 19.9 Å². The van der Waals surface area contributed by atoms with Crippen LogP contribution in [0.2, 0.25) is 0 Å². The first-order chi connectivity index (χ1) is 9.25. The Hall–Kier alpha value is -1.79. The molecule has 96 valence electrons. The van der Waals surface area contributed by atoms with E-state index < -0.39 is 0 Å². The Morgan fingerprint density at radius 3 is 2.95 bits per heavy atom. The summed E-state index contributed by atoms with van der Waals surface area (Å²) in [7, 11) is 0. The van der Waals surface area contributed by atoms with E-state index in [1.54, 1.807) is 11.3 Å². The summed E-state index contributed by atoms with van der Waals surface area (Å²) in [5.74, 6) is 0. The summed E-state index contributed by atoms with van der Waals surface area (Å²) >= 11 is 3.05. The van der Waals surface area contributed by atoms with E-state index in [9.17, 15) is 0 Å². The van der Waals surface area contributed by atoms with Crippen LogP contribution in [0.25, 0.3) is 10.1 Å². The van der Waals surface area contributed by atoms with E-state index in [0.29, 0.717) is 0 Å². The number of benzene rings is 1. The molecule has 0 unspecified atom stereocenters. The highest BCUT2D eigenvalue weighted by molar-refractivity contribution is 7.17. The van der Waals surface area contributed by atoms with Gasteiger partial charge in [0, 0.05) is 32.6 Å². The quantitative estimate of drug-likeness (QED) is 0.587. The molecule has 0 atom stereocenters. The standard InChI is InChI=1S/C13H12N4S2/c1-8(14-16-13-9(2)15-17-19-13)11-7-18-12-6-4-3-5-10(11)12/h3-7,16H,1-2H3/b14-8-. The highest BCUT2D eigenvalue weighted by atomic mass is 32.1. The second-order valence-corrected chi connectivity index (χ2v) is 5.81. The summed E-state index contributed by atoms with van der Waals surface area (Å²) in [4.78, 5) is 0. The summed E-state index contributed by atoms with van der Waals surface area (Å²) in [6.07, 6.45) is 0. The number of hydrogen-bond acceptors (Lipinski definition) is 6. The maximum absolute atomic E-state index is 4.42. The van der Waals surface area contributed by atoms with Crippen molar-refractivity contribution in [3.8, 4) is 0 Å². The van der Waals surface area contributed by atoms with Crippen LogP contribution in [-0.2, 0) is 0 Å². The number of nitrogens with zero attached hydrogens (tertiary/aromatic N) is 3. The monoisotopic (exact) mass is 288 g/mol. The first-order valence-electron chi connectivity index (χ1n) is 5.81. The number of thiophene rings is 1. The van der Waals surface area contributed by atoms with Crippen molar-refractivity contribution in [2.24, 2.45) is 5.10 Å². The summed E-state index contributed by atoms with van der Waals surface area (Å²) in [5, 5.41) is 12.6. The van der Waals surface area contributed by atoms with Gasteiger partial charge >= 0.3 is 0 Å². The number of nitrogens with one attached hydrogen (secondary N) is 1. The third kappa shape index (κ3) is 2.36. The molecule has 0 spiro atoms. The van der Waals surface area contributed by atoms with Crippen LogP contribution in [0.4, 0.5) is 5.00 Å². The van der Waals surface area contributed by atoms with Gasteiger partial charge in [0.05, 0.1) is 11.4 Å². The minimum atomic E-state index is 0.872. The van der Waals surface area contributed by atoms with Crippen LogP contribution >= 0.6 is 22.9 Å². The van der Waals surface area contributed by atoms with Gasteiger partial charge in [0.25, 0.3) is 0 Å². The van der Waals surface area contributed by atoms with E-state index in [2.05, 4.69) is 49.8 Å². The van der Waals surface area contributed by atoms with Crippen molar-refractivity contribution in [2.75, 3.05) is 5.43 Å². The van der Waals surface area contributed by atoms with Crippen molar-refractivity contribution in [2.45, 2.75) is 13.8 Å². The highest BCUT2D eigenvalue weighted by Gasteiger charge is 2.07. The van der Waals surface area contributed by atoms with E-state index >= 15 is 0 Å². The Balaban J connectivity index is 1.91. The van der Waals surface area contributed by atoms with E-state index in [1.807, 2.05) is 13.8 Å². The summed E-state index contributed by atoms with van der Waals surface area (Å²) < 4.78 is 5.15. The Morgan fingerprint density at radius 1 is 1.32 bits per heavy atom. The lowest BCUT2D eigenvalue weighted by Gasteiger charge is -2.00. The molecule has 19 heavy (non-hydrogen) atoms. The lowest BCUT2D eigenvalue weighted by molar-refractivity contribution is 1.09. The number of anilines is 1. The zero-order valence-corrected chi connectivity index (χ0v) is 12.2. The van der Waals surface area contributed by atoms with Gasteiger partial charge in [0.15, 0.2) is 5.00 Å². The minimum absolute atomic E-state index is 0.872. The van der Waals surface area contributed by atoms with Gasteiger partial charge < -0.3 is 0 Å². The molecule has 3 aromatic rings. The molecule has 2 heterocycles. The van der Waals surface area contributed by atoms with Crippen molar-refractivity contribution in [1.82, 2.24) is 9.59 Å². The van der Waals surface area contributed by atoms with Crippen LogP contribution in [0.1, 0.15) is 18.2 Å². The fourth-order valence-electron chi connectivity index (χ4n) is 1.79. The van der Waals surface area contributed by atoms with Crippen LogP contribution < -0.4 is 5.43 Å². The number of hydrogen-bond donors (Lipinski definition) is 1. The topological polar surface area (TPSA) is 50.2 Å². The van der Waals surface area contributed by atoms with Crippen molar-refractivity contribution < 1.29 is 0 Å². The molecule has 1 N–H and O–H groups in total. The second-order valence-electron chi connectivity index (χ2n) is 4.14. The smallest absolute Gasteiger partial charge is 0.153 e. The average molecular weight is 288 g/mol. The van der Waals surface area contributed by atoms with Gasteiger partial charge in [-0.15, -0.1) is 16.4 Å². The molecule has 0 fully saturated rings.